The molecule has 0 aromatic heterocycles. The number of unbranched alkanes of at least 4 members (excludes halogenated alkanes) is 30. The van der Waals surface area contributed by atoms with Crippen molar-refractivity contribution in [2.75, 3.05) is 13.2 Å². The maximum Gasteiger partial charge on any atom is 0.0704 e. The maximum absolute atomic E-state index is 12.3. The molecule has 0 rings (SSSR count). The van der Waals surface area contributed by atoms with E-state index in [-0.39, 0.29) is 5.16 Å². The molecule has 0 radical (unpaired) electrons. The summed E-state index contributed by atoms with van der Waals surface area (Å²) in [5, 5.41) is 8.32. The Morgan fingerprint density at radius 3 is 0.889 bits per heavy atom. The molecular weight excluding hydrogens is 571 g/mol. The predicted octanol–water partition coefficient (Wildman–Crippen LogP) is 15.4. The van der Waals surface area contributed by atoms with Gasteiger partial charge in [-0.05, 0) is 12.8 Å². The molecule has 45 heavy (non-hydrogen) atoms. The van der Waals surface area contributed by atoms with E-state index in [9.17, 15) is 4.57 Å². The second-order valence-electron chi connectivity index (χ2n) is 15.0. The highest BCUT2D eigenvalue weighted by Crippen LogP contribution is 2.57. The highest BCUT2D eigenvalue weighted by atomic mass is 31.2. The van der Waals surface area contributed by atoms with Crippen LogP contribution >= 0.6 is 7.37 Å². The van der Waals surface area contributed by atoms with Crippen LogP contribution in [0.5, 0.6) is 0 Å². The van der Waals surface area contributed by atoms with Crippen molar-refractivity contribution in [3.63, 3.8) is 0 Å². The number of hydrogen-bond acceptors (Lipinski definition) is 3. The Hall–Kier alpha value is 0.150. The van der Waals surface area contributed by atoms with Crippen LogP contribution in [-0.2, 0) is 9.09 Å². The summed E-state index contributed by atoms with van der Waals surface area (Å²) in [6.07, 6.45) is 44.0. The summed E-state index contributed by atoms with van der Waals surface area (Å²) < 4.78 is 17.8. The molecule has 0 saturated carbocycles. The van der Waals surface area contributed by atoms with Gasteiger partial charge in [-0.3, -0.25) is 6.66 Å². The van der Waals surface area contributed by atoms with Crippen molar-refractivity contribution in [2.24, 2.45) is 0 Å². The van der Waals surface area contributed by atoms with Crippen LogP contribution in [-0.4, -0.2) is 23.5 Å². The number of aliphatic hydroxyl groups is 1. The van der Waals surface area contributed by atoms with E-state index in [4.69, 9.17) is 9.63 Å². The molecule has 0 aromatic rings. The first kappa shape index (κ1) is 47.3. The minimum absolute atomic E-state index is 0.345. The minimum Gasteiger partial charge on any atom is -0.396 e. The van der Waals surface area contributed by atoms with Gasteiger partial charge in [0.05, 0.1) is 14.0 Å². The minimum atomic E-state index is -2.72. The molecule has 0 bridgehead atoms. The molecule has 0 heterocycles. The molecule has 0 amide bonds. The van der Waals surface area contributed by atoms with Crippen LogP contribution < -0.4 is 0 Å². The third-order valence-electron chi connectivity index (χ3n) is 9.33. The first-order valence-electron chi connectivity index (χ1n) is 20.4. The Morgan fingerprint density at radius 1 is 0.444 bits per heavy atom. The topological polar surface area (TPSA) is 46.5 Å². The van der Waals surface area contributed by atoms with E-state index in [0.717, 1.165) is 12.8 Å². The summed E-state index contributed by atoms with van der Waals surface area (Å²) in [6.45, 7) is 15.1. The Morgan fingerprint density at radius 2 is 0.667 bits per heavy atom. The van der Waals surface area contributed by atoms with Crippen molar-refractivity contribution in [1.82, 2.24) is 0 Å². The fourth-order valence-corrected chi connectivity index (χ4v) is 6.53. The Bertz CT molecular complexity index is 570. The highest BCUT2D eigenvalue weighted by molar-refractivity contribution is 7.61. The molecule has 4 heteroatoms. The normalized spacial score (nSPS) is 13.0. The van der Waals surface area contributed by atoms with Gasteiger partial charge in [-0.25, -0.2) is 0 Å². The number of aliphatic hydroxyl groups excluding tert-OH is 1. The van der Waals surface area contributed by atoms with Gasteiger partial charge in [-0.15, -0.1) is 0 Å². The molecule has 3 nitrogen and oxygen atoms in total. The predicted molar refractivity (Wildman–Crippen MR) is 205 cm³/mol. The lowest BCUT2D eigenvalue weighted by Gasteiger charge is -2.33. The zero-order valence-electron chi connectivity index (χ0n) is 32.0. The summed E-state index contributed by atoms with van der Waals surface area (Å²) in [5.41, 5.74) is 0. The van der Waals surface area contributed by atoms with Gasteiger partial charge in [-0.2, -0.15) is 0 Å². The highest BCUT2D eigenvalue weighted by Gasteiger charge is 2.25. The van der Waals surface area contributed by atoms with E-state index < -0.39 is 7.37 Å². The van der Waals surface area contributed by atoms with Crippen LogP contribution in [0, 0.1) is 6.66 Å². The van der Waals surface area contributed by atoms with Crippen molar-refractivity contribution in [3.8, 4) is 0 Å². The quantitative estimate of drug-likeness (QED) is 0.0425. The summed E-state index contributed by atoms with van der Waals surface area (Å²) in [5.74, 6) is 0. The van der Waals surface area contributed by atoms with E-state index in [1.165, 1.54) is 193 Å². The van der Waals surface area contributed by atoms with E-state index in [0.29, 0.717) is 13.2 Å². The van der Waals surface area contributed by atoms with Crippen LogP contribution in [0.3, 0.4) is 0 Å². The number of rotatable bonds is 34. The summed E-state index contributed by atoms with van der Waals surface area (Å²) in [4.78, 5) is 0. The molecule has 0 aromatic carbocycles. The lowest BCUT2D eigenvalue weighted by molar-refractivity contribution is 0.282. The molecule has 0 aliphatic heterocycles. The van der Waals surface area contributed by atoms with Crippen molar-refractivity contribution >= 4 is 7.37 Å². The smallest absolute Gasteiger partial charge is 0.0704 e. The van der Waals surface area contributed by atoms with Gasteiger partial charge in [0.1, 0.15) is 0 Å². The van der Waals surface area contributed by atoms with Gasteiger partial charge < -0.3 is 14.2 Å². The largest absolute Gasteiger partial charge is 0.396 e. The van der Waals surface area contributed by atoms with Crippen LogP contribution in [0.15, 0.2) is 0 Å². The second kappa shape index (κ2) is 37.0. The van der Waals surface area contributed by atoms with Crippen molar-refractivity contribution < 1.29 is 14.2 Å². The zero-order chi connectivity index (χ0) is 33.7. The Kier molecular flexibility index (Phi) is 38.8. The summed E-state index contributed by atoms with van der Waals surface area (Å²) >= 11 is 0. The fourth-order valence-electron chi connectivity index (χ4n) is 5.72. The van der Waals surface area contributed by atoms with Gasteiger partial charge in [-0.1, -0.05) is 227 Å². The first-order valence-corrected chi connectivity index (χ1v) is 22.2. The average molecular weight is 658 g/mol. The third kappa shape index (κ3) is 38.5. The molecule has 1 N–H and O–H groups in total. The maximum atomic E-state index is 12.3. The summed E-state index contributed by atoms with van der Waals surface area (Å²) in [7, 11) is -2.72. The summed E-state index contributed by atoms with van der Waals surface area (Å²) in [6, 6.07) is 0. The van der Waals surface area contributed by atoms with Crippen LogP contribution in [0.2, 0.25) is 0 Å². The van der Waals surface area contributed by atoms with Crippen molar-refractivity contribution in [2.45, 2.75) is 245 Å². The first-order chi connectivity index (χ1) is 21.7. The Labute approximate surface area is 286 Å². The van der Waals surface area contributed by atoms with E-state index in [1.807, 2.05) is 20.8 Å². The van der Waals surface area contributed by atoms with Gasteiger partial charge in [0, 0.05) is 11.8 Å². The van der Waals surface area contributed by atoms with Crippen molar-refractivity contribution in [3.05, 3.63) is 6.66 Å². The monoisotopic (exact) mass is 658 g/mol. The standard InChI is InChI=1S/C23H48O2P.C18H38O/c1-6-7-8-9-10-11-12-13-14-15-16-17-18-19-20-21-22-25-26(5,24)23(2,3)4;1-2-3-4-5-6-7-8-9-10-11-12-13-14-15-16-17-18-19/h5-22H2,1-4H3;19H,2-18H2,1H3/q-1;. The molecule has 0 saturated heterocycles. The van der Waals surface area contributed by atoms with Crippen LogP contribution in [0.4, 0.5) is 0 Å². The van der Waals surface area contributed by atoms with Gasteiger partial charge in [0.25, 0.3) is 0 Å². The van der Waals surface area contributed by atoms with E-state index in [2.05, 4.69) is 20.5 Å². The Balaban J connectivity index is 0. The molecule has 1 atom stereocenters. The molecule has 274 valence electrons. The lowest BCUT2D eigenvalue weighted by atomic mass is 10.0. The average Bonchev–Trinajstić information content (AvgIpc) is 3.00. The van der Waals surface area contributed by atoms with Crippen molar-refractivity contribution in [1.29, 1.82) is 0 Å². The second-order valence-corrected chi connectivity index (χ2v) is 18.0. The molecular formula is C41H86O3P-. The third-order valence-corrected chi connectivity index (χ3v) is 12.0. The van der Waals surface area contributed by atoms with E-state index >= 15 is 0 Å². The fraction of sp³-hybridized carbons (Fsp3) is 0.976. The molecule has 0 aliphatic carbocycles. The molecule has 0 aliphatic rings. The van der Waals surface area contributed by atoms with Gasteiger partial charge >= 0.3 is 0 Å². The SMILES string of the molecule is CCCCCCCCCCCCCCCCCCO.[CH2-]P(=O)(OCCCCCCCCCCCCCCCCCC)C(C)(C)C. The molecule has 0 spiro atoms. The number of hydrogen-bond donors (Lipinski definition) is 1. The lowest BCUT2D eigenvalue weighted by Crippen LogP contribution is -2.15. The zero-order valence-corrected chi connectivity index (χ0v) is 32.9. The van der Waals surface area contributed by atoms with Crippen LogP contribution in [0.1, 0.15) is 240 Å². The molecule has 0 fully saturated rings. The molecule has 1 unspecified atom stereocenters. The van der Waals surface area contributed by atoms with Crippen LogP contribution in [0.25, 0.3) is 0 Å². The van der Waals surface area contributed by atoms with Gasteiger partial charge in [0.2, 0.25) is 0 Å². The van der Waals surface area contributed by atoms with E-state index in [1.54, 1.807) is 0 Å². The van der Waals surface area contributed by atoms with Gasteiger partial charge in [0.15, 0.2) is 0 Å².